The number of carbonyl (C=O) groups is 1. The summed E-state index contributed by atoms with van der Waals surface area (Å²) in [7, 11) is 4.56. The first-order valence-electron chi connectivity index (χ1n) is 6.88. The Kier molecular flexibility index (Phi) is 3.89. The van der Waals surface area contributed by atoms with Crippen molar-refractivity contribution in [1.82, 2.24) is 0 Å². The molecule has 2 unspecified atom stereocenters. The molecule has 21 heavy (non-hydrogen) atoms. The summed E-state index contributed by atoms with van der Waals surface area (Å²) in [5.41, 5.74) is -1.02. The van der Waals surface area contributed by atoms with Gasteiger partial charge >= 0.3 is 5.97 Å². The average Bonchev–Trinajstić information content (AvgIpc) is 3.14. The van der Waals surface area contributed by atoms with Gasteiger partial charge in [-0.2, -0.15) is 0 Å². The third-order valence-electron chi connectivity index (χ3n) is 4.25. The molecule has 1 aliphatic heterocycles. The Morgan fingerprint density at radius 3 is 2.33 bits per heavy atom. The largest absolute Gasteiger partial charge is 0.497 e. The topological polar surface area (TPSA) is 57.3 Å². The number of methoxy groups -OCH3 is 3. The Bertz CT molecular complexity index is 554. The van der Waals surface area contributed by atoms with E-state index in [1.165, 1.54) is 7.11 Å². The lowest BCUT2D eigenvalue weighted by Crippen LogP contribution is -2.37. The van der Waals surface area contributed by atoms with Gasteiger partial charge in [0.2, 0.25) is 5.60 Å². The number of hydrogen-bond donors (Lipinski definition) is 0. The molecule has 0 aromatic heterocycles. The van der Waals surface area contributed by atoms with Gasteiger partial charge in [0.15, 0.2) is 0 Å². The van der Waals surface area contributed by atoms with Crippen LogP contribution < -0.4 is 9.47 Å². The molecule has 0 spiro atoms. The number of esters is 1. The van der Waals surface area contributed by atoms with Gasteiger partial charge in [-0.05, 0) is 31.0 Å². The van der Waals surface area contributed by atoms with E-state index in [9.17, 15) is 4.79 Å². The van der Waals surface area contributed by atoms with Crippen LogP contribution in [-0.4, -0.2) is 32.9 Å². The van der Waals surface area contributed by atoms with Gasteiger partial charge in [-0.15, -0.1) is 0 Å². The van der Waals surface area contributed by atoms with Crippen molar-refractivity contribution in [3.8, 4) is 11.5 Å². The lowest BCUT2D eigenvalue weighted by molar-refractivity contribution is -0.148. The van der Waals surface area contributed by atoms with Crippen LogP contribution in [0.2, 0.25) is 0 Å². The standard InChI is InChI=1S/C16H22O5/c1-10(2)16(14(17)20-6)15(3,21-16)12-9-11(18-4)7-8-13(12)19-5/h7-10H,1-6H3. The average molecular weight is 294 g/mol. The van der Waals surface area contributed by atoms with Crippen molar-refractivity contribution in [1.29, 1.82) is 0 Å². The van der Waals surface area contributed by atoms with E-state index in [4.69, 9.17) is 18.9 Å². The van der Waals surface area contributed by atoms with Crippen LogP contribution in [0.3, 0.4) is 0 Å². The summed E-state index contributed by atoms with van der Waals surface area (Å²) < 4.78 is 21.5. The third-order valence-corrected chi connectivity index (χ3v) is 4.25. The fraction of sp³-hybridized carbons (Fsp3) is 0.562. The highest BCUT2D eigenvalue weighted by molar-refractivity contribution is 5.86. The molecule has 1 heterocycles. The minimum absolute atomic E-state index is 0.0362. The van der Waals surface area contributed by atoms with E-state index in [-0.39, 0.29) is 11.9 Å². The van der Waals surface area contributed by atoms with Crippen LogP contribution in [-0.2, 0) is 19.9 Å². The van der Waals surface area contributed by atoms with Crippen molar-refractivity contribution >= 4 is 5.97 Å². The highest BCUT2D eigenvalue weighted by Crippen LogP contribution is 2.62. The fourth-order valence-corrected chi connectivity index (χ4v) is 3.03. The molecule has 0 aliphatic carbocycles. The molecule has 2 atom stereocenters. The Balaban J connectivity index is 2.54. The molecule has 0 saturated carbocycles. The Morgan fingerprint density at radius 1 is 1.19 bits per heavy atom. The van der Waals surface area contributed by atoms with Gasteiger partial charge in [0.05, 0.1) is 21.3 Å². The van der Waals surface area contributed by atoms with Gasteiger partial charge in [0, 0.05) is 5.56 Å². The van der Waals surface area contributed by atoms with E-state index in [2.05, 4.69) is 0 Å². The van der Waals surface area contributed by atoms with Gasteiger partial charge in [-0.25, -0.2) is 4.79 Å². The molecular weight excluding hydrogens is 272 g/mol. The van der Waals surface area contributed by atoms with Gasteiger partial charge in [0.1, 0.15) is 17.1 Å². The van der Waals surface area contributed by atoms with E-state index < -0.39 is 11.2 Å². The van der Waals surface area contributed by atoms with Crippen LogP contribution in [0, 0.1) is 5.92 Å². The second-order valence-corrected chi connectivity index (χ2v) is 5.58. The van der Waals surface area contributed by atoms with Crippen LogP contribution in [0.1, 0.15) is 26.3 Å². The zero-order valence-corrected chi connectivity index (χ0v) is 13.4. The number of benzene rings is 1. The van der Waals surface area contributed by atoms with Crippen LogP contribution in [0.15, 0.2) is 18.2 Å². The Morgan fingerprint density at radius 2 is 1.86 bits per heavy atom. The van der Waals surface area contributed by atoms with Crippen molar-refractivity contribution in [3.05, 3.63) is 23.8 Å². The second kappa shape index (κ2) is 5.22. The smallest absolute Gasteiger partial charge is 0.341 e. The maximum atomic E-state index is 12.3. The molecule has 0 amide bonds. The monoisotopic (exact) mass is 294 g/mol. The van der Waals surface area contributed by atoms with Gasteiger partial charge in [-0.1, -0.05) is 13.8 Å². The first-order chi connectivity index (χ1) is 9.87. The SMILES string of the molecule is COC(=O)C1(C(C)C)OC1(C)c1cc(OC)ccc1OC. The van der Waals surface area contributed by atoms with Gasteiger partial charge < -0.3 is 18.9 Å². The predicted octanol–water partition coefficient (Wildman–Crippen LogP) is 2.52. The first kappa shape index (κ1) is 15.6. The van der Waals surface area contributed by atoms with Crippen LogP contribution in [0.25, 0.3) is 0 Å². The highest BCUT2D eigenvalue weighted by Gasteiger charge is 2.76. The third kappa shape index (κ3) is 2.07. The van der Waals surface area contributed by atoms with E-state index in [1.807, 2.05) is 39.0 Å². The van der Waals surface area contributed by atoms with E-state index >= 15 is 0 Å². The maximum Gasteiger partial charge on any atom is 0.341 e. The van der Waals surface area contributed by atoms with Gasteiger partial charge in [0.25, 0.3) is 0 Å². The molecule has 0 bridgehead atoms. The normalized spacial score (nSPS) is 27.4. The Labute approximate surface area is 125 Å². The molecule has 0 N–H and O–H groups in total. The molecule has 1 aromatic rings. The minimum atomic E-state index is -0.999. The fourth-order valence-electron chi connectivity index (χ4n) is 3.03. The summed E-state index contributed by atoms with van der Waals surface area (Å²) in [6.07, 6.45) is 0. The first-order valence-corrected chi connectivity index (χ1v) is 6.88. The molecule has 1 aromatic carbocycles. The number of ether oxygens (including phenoxy) is 4. The summed E-state index contributed by atoms with van der Waals surface area (Å²) in [6, 6.07) is 5.46. The summed E-state index contributed by atoms with van der Waals surface area (Å²) in [5, 5.41) is 0. The zero-order chi connectivity index (χ0) is 15.8. The van der Waals surface area contributed by atoms with Crippen molar-refractivity contribution < 1.29 is 23.7 Å². The second-order valence-electron chi connectivity index (χ2n) is 5.58. The predicted molar refractivity (Wildman–Crippen MR) is 77.6 cm³/mol. The molecule has 1 fully saturated rings. The van der Waals surface area contributed by atoms with Crippen LogP contribution in [0.4, 0.5) is 0 Å². The molecule has 1 aliphatic rings. The summed E-state index contributed by atoms with van der Waals surface area (Å²) in [6.45, 7) is 5.75. The molecule has 116 valence electrons. The van der Waals surface area contributed by atoms with E-state index in [0.29, 0.717) is 11.5 Å². The summed E-state index contributed by atoms with van der Waals surface area (Å²) in [4.78, 5) is 12.3. The van der Waals surface area contributed by atoms with Crippen LogP contribution in [0.5, 0.6) is 11.5 Å². The quantitative estimate of drug-likeness (QED) is 0.617. The lowest BCUT2D eigenvalue weighted by Gasteiger charge is -2.20. The Hall–Kier alpha value is -1.75. The molecular formula is C16H22O5. The molecule has 1 saturated heterocycles. The number of epoxide rings is 1. The number of carbonyl (C=O) groups excluding carboxylic acids is 1. The summed E-state index contributed by atoms with van der Waals surface area (Å²) >= 11 is 0. The zero-order valence-electron chi connectivity index (χ0n) is 13.4. The molecule has 0 radical (unpaired) electrons. The van der Waals surface area contributed by atoms with Crippen molar-refractivity contribution in [3.63, 3.8) is 0 Å². The molecule has 5 nitrogen and oxygen atoms in total. The lowest BCUT2D eigenvalue weighted by atomic mass is 9.80. The number of rotatable bonds is 5. The number of hydrogen-bond acceptors (Lipinski definition) is 5. The van der Waals surface area contributed by atoms with E-state index in [1.54, 1.807) is 14.2 Å². The van der Waals surface area contributed by atoms with Gasteiger partial charge in [-0.3, -0.25) is 0 Å². The van der Waals surface area contributed by atoms with Crippen LogP contribution >= 0.6 is 0 Å². The highest BCUT2D eigenvalue weighted by atomic mass is 16.7. The molecule has 2 rings (SSSR count). The van der Waals surface area contributed by atoms with Crippen molar-refractivity contribution in [2.45, 2.75) is 32.0 Å². The summed E-state index contributed by atoms with van der Waals surface area (Å²) in [5.74, 6) is 0.936. The van der Waals surface area contributed by atoms with Crippen molar-refractivity contribution in [2.75, 3.05) is 21.3 Å². The van der Waals surface area contributed by atoms with E-state index in [0.717, 1.165) is 5.56 Å². The minimum Gasteiger partial charge on any atom is -0.497 e. The maximum absolute atomic E-state index is 12.3. The molecule has 5 heteroatoms. The van der Waals surface area contributed by atoms with Crippen molar-refractivity contribution in [2.24, 2.45) is 5.92 Å².